The molecule has 8 aliphatic rings. The van der Waals surface area contributed by atoms with Crippen molar-refractivity contribution in [1.82, 2.24) is 0 Å². The van der Waals surface area contributed by atoms with E-state index < -0.39 is 40.9 Å². The monoisotopic (exact) mass is 774 g/mol. The lowest BCUT2D eigenvalue weighted by Gasteiger charge is -2.61. The van der Waals surface area contributed by atoms with E-state index in [0.717, 1.165) is 24.8 Å². The number of carbonyl (C=O) groups is 6. The Morgan fingerprint density at radius 1 is 0.929 bits per heavy atom. The molecule has 17 atom stereocenters. The fraction of sp³-hybridized carbons (Fsp3) is 0.830. The van der Waals surface area contributed by atoms with Gasteiger partial charge in [-0.15, -0.1) is 0 Å². The fourth-order valence-electron chi connectivity index (χ4n) is 16.3. The third-order valence-corrected chi connectivity index (χ3v) is 19.5. The summed E-state index contributed by atoms with van der Waals surface area (Å²) < 4.78 is 5.60. The normalized spacial score (nSPS) is 50.1. The molecule has 7 fully saturated rings. The minimum Gasteiger partial charge on any atom is -0.458 e. The van der Waals surface area contributed by atoms with Gasteiger partial charge in [0, 0.05) is 55.3 Å². The highest BCUT2D eigenvalue weighted by molar-refractivity contribution is 5.94. The van der Waals surface area contributed by atoms with Crippen LogP contribution in [-0.4, -0.2) is 63.4 Å². The molecule has 7 saturated carbocycles. The number of allylic oxidation sites excluding steroid dienone is 1. The molecule has 0 bridgehead atoms. The SMILES string of the molecule is CC1CC(=O)CC2CC(=O)C3C(CC(=O)[C@@]4(C)C3CC[C@@H]4[C@H](C)CCC(=O)OCC(=O)[C@@]3(O)CC[C@H]4[C@@H]5C[C@H](C)C6=CC(=O)CC[C@]6(C)[C@H]5[C@H](O)C[C@@]43C)[C@@]12C. The van der Waals surface area contributed by atoms with Gasteiger partial charge in [-0.25, -0.2) is 0 Å². The van der Waals surface area contributed by atoms with E-state index >= 15 is 0 Å². The molecule has 9 nitrogen and oxygen atoms in total. The number of aliphatic hydroxyl groups excluding tert-OH is 1. The molecule has 5 unspecified atom stereocenters. The van der Waals surface area contributed by atoms with Crippen LogP contribution in [0.15, 0.2) is 11.6 Å². The maximum atomic E-state index is 14.3. The summed E-state index contributed by atoms with van der Waals surface area (Å²) >= 11 is 0. The molecule has 0 heterocycles. The summed E-state index contributed by atoms with van der Waals surface area (Å²) in [7, 11) is 0. The number of Topliss-reactive ketones (excluding diaryl/α,β-unsaturated/α-hetero) is 4. The number of ether oxygens (including phenoxy) is 1. The number of rotatable bonds is 7. The van der Waals surface area contributed by atoms with E-state index in [1.165, 1.54) is 0 Å². The van der Waals surface area contributed by atoms with Gasteiger partial charge in [0.2, 0.25) is 5.78 Å². The first-order chi connectivity index (χ1) is 26.2. The largest absolute Gasteiger partial charge is 0.458 e. The minimum atomic E-state index is -1.72. The highest BCUT2D eigenvalue weighted by Crippen LogP contribution is 2.70. The molecule has 0 radical (unpaired) electrons. The van der Waals surface area contributed by atoms with Gasteiger partial charge in [0.15, 0.2) is 12.4 Å². The lowest BCUT2D eigenvalue weighted by atomic mass is 9.42. The molecule has 8 aliphatic carbocycles. The number of hydrogen-bond acceptors (Lipinski definition) is 9. The third kappa shape index (κ3) is 5.50. The first-order valence-electron chi connectivity index (χ1n) is 22.1. The Morgan fingerprint density at radius 3 is 2.39 bits per heavy atom. The predicted octanol–water partition coefficient (Wildman–Crippen LogP) is 6.83. The van der Waals surface area contributed by atoms with Crippen molar-refractivity contribution in [3.05, 3.63) is 11.6 Å². The van der Waals surface area contributed by atoms with Crippen LogP contribution in [0.25, 0.3) is 0 Å². The van der Waals surface area contributed by atoms with Crippen molar-refractivity contribution in [2.75, 3.05) is 6.61 Å². The molecule has 56 heavy (non-hydrogen) atoms. The summed E-state index contributed by atoms with van der Waals surface area (Å²) in [5, 5.41) is 24.0. The van der Waals surface area contributed by atoms with Gasteiger partial charge in [0.1, 0.15) is 23.0 Å². The van der Waals surface area contributed by atoms with Crippen LogP contribution in [0.1, 0.15) is 138 Å². The molecule has 2 N–H and O–H groups in total. The lowest BCUT2D eigenvalue weighted by molar-refractivity contribution is -0.186. The van der Waals surface area contributed by atoms with Crippen molar-refractivity contribution < 1.29 is 43.7 Å². The molecule has 8 rings (SSSR count). The first-order valence-corrected chi connectivity index (χ1v) is 22.1. The van der Waals surface area contributed by atoms with Crippen LogP contribution in [0.2, 0.25) is 0 Å². The number of esters is 1. The van der Waals surface area contributed by atoms with E-state index in [-0.39, 0.29) is 118 Å². The molecular formula is C47H66O9. The Morgan fingerprint density at radius 2 is 1.66 bits per heavy atom. The van der Waals surface area contributed by atoms with Crippen LogP contribution >= 0.6 is 0 Å². The number of fused-ring (bicyclic) bond motifs is 10. The molecule has 0 aromatic heterocycles. The Hall–Kier alpha value is -2.52. The van der Waals surface area contributed by atoms with Gasteiger partial charge < -0.3 is 14.9 Å². The summed E-state index contributed by atoms with van der Waals surface area (Å²) in [4.78, 5) is 80.3. The number of ketones is 5. The highest BCUT2D eigenvalue weighted by Gasteiger charge is 2.70. The van der Waals surface area contributed by atoms with E-state index in [2.05, 4.69) is 41.5 Å². The topological polar surface area (TPSA) is 152 Å². The lowest BCUT2D eigenvalue weighted by Crippen LogP contribution is -2.62. The van der Waals surface area contributed by atoms with Gasteiger partial charge >= 0.3 is 5.97 Å². The molecule has 0 aromatic carbocycles. The van der Waals surface area contributed by atoms with Gasteiger partial charge in [-0.3, -0.25) is 28.8 Å². The molecule has 0 amide bonds. The second kappa shape index (κ2) is 13.5. The third-order valence-electron chi connectivity index (χ3n) is 19.5. The fourth-order valence-corrected chi connectivity index (χ4v) is 16.3. The number of hydrogen-bond donors (Lipinski definition) is 2. The molecule has 0 aliphatic heterocycles. The second-order valence-corrected chi connectivity index (χ2v) is 21.5. The zero-order valence-corrected chi connectivity index (χ0v) is 34.9. The van der Waals surface area contributed by atoms with Crippen LogP contribution in [0.3, 0.4) is 0 Å². The van der Waals surface area contributed by atoms with Gasteiger partial charge in [0.05, 0.1) is 6.10 Å². The molecule has 0 saturated heterocycles. The Balaban J connectivity index is 0.894. The summed E-state index contributed by atoms with van der Waals surface area (Å²) in [6, 6.07) is 0. The smallest absolute Gasteiger partial charge is 0.306 e. The average molecular weight is 775 g/mol. The predicted molar refractivity (Wildman–Crippen MR) is 208 cm³/mol. The Kier molecular flexibility index (Phi) is 9.71. The zero-order chi connectivity index (χ0) is 40.5. The van der Waals surface area contributed by atoms with Crippen LogP contribution < -0.4 is 0 Å². The van der Waals surface area contributed by atoms with Gasteiger partial charge in [0.25, 0.3) is 0 Å². The van der Waals surface area contributed by atoms with Crippen molar-refractivity contribution in [2.24, 2.45) is 86.8 Å². The van der Waals surface area contributed by atoms with Crippen LogP contribution in [0, 0.1) is 86.8 Å². The van der Waals surface area contributed by atoms with Crippen molar-refractivity contribution in [1.29, 1.82) is 0 Å². The maximum absolute atomic E-state index is 14.3. The zero-order valence-electron chi connectivity index (χ0n) is 34.9. The van der Waals surface area contributed by atoms with E-state index in [9.17, 15) is 39.0 Å². The number of carbonyl (C=O) groups excluding carboxylic acids is 6. The Bertz CT molecular complexity index is 1760. The molecule has 308 valence electrons. The van der Waals surface area contributed by atoms with Crippen LogP contribution in [0.5, 0.6) is 0 Å². The van der Waals surface area contributed by atoms with E-state index in [1.54, 1.807) is 0 Å². The summed E-state index contributed by atoms with van der Waals surface area (Å²) in [5.41, 5.74) is -2.57. The minimum absolute atomic E-state index is 0.0136. The average Bonchev–Trinajstić information content (AvgIpc) is 3.62. The maximum Gasteiger partial charge on any atom is 0.306 e. The number of aliphatic hydroxyl groups is 2. The van der Waals surface area contributed by atoms with Crippen molar-refractivity contribution in [2.45, 2.75) is 150 Å². The van der Waals surface area contributed by atoms with Gasteiger partial charge in [-0.05, 0) is 127 Å². The highest BCUT2D eigenvalue weighted by atomic mass is 16.5. The summed E-state index contributed by atoms with van der Waals surface area (Å²) in [6.45, 7) is 14.3. The van der Waals surface area contributed by atoms with Crippen LogP contribution in [-0.2, 0) is 33.5 Å². The molecular weight excluding hydrogens is 709 g/mol. The van der Waals surface area contributed by atoms with Crippen molar-refractivity contribution in [3.63, 3.8) is 0 Å². The Labute approximate surface area is 332 Å². The standard InChI is InChI=1S/C47H66O9/c1-24(31-9-10-33-41-35(21-38(52)46(31,33)7)45(6)26(3)17-29(49)18-27(45)19-36(41)50)8-11-40(54)56-23-39(53)47(55)15-13-32-30-16-25(2)34-20-28(48)12-14-43(34,4)42(30)37(51)22-44(32,47)5/h20,24-27,30-33,35,37,41-42,51,55H,8-19,21-23H2,1-7H3/t24-,25+,26?,27?,30+,31-,32+,33?,35?,37-,41?,42-,43+,44+,45+,46-,47+/m1/s1. The van der Waals surface area contributed by atoms with Crippen molar-refractivity contribution in [3.8, 4) is 0 Å². The van der Waals surface area contributed by atoms with E-state index in [4.69, 9.17) is 4.74 Å². The molecule has 0 spiro atoms. The van der Waals surface area contributed by atoms with Gasteiger partial charge in [-0.1, -0.05) is 54.0 Å². The van der Waals surface area contributed by atoms with Gasteiger partial charge in [-0.2, -0.15) is 0 Å². The van der Waals surface area contributed by atoms with E-state index in [1.807, 2.05) is 13.0 Å². The van der Waals surface area contributed by atoms with E-state index in [0.29, 0.717) is 51.4 Å². The molecule has 0 aromatic rings. The summed E-state index contributed by atoms with van der Waals surface area (Å²) in [5.74, 6) is 0.0780. The van der Waals surface area contributed by atoms with Crippen molar-refractivity contribution >= 4 is 34.9 Å². The quantitative estimate of drug-likeness (QED) is 0.265. The van der Waals surface area contributed by atoms with Crippen LogP contribution in [0.4, 0.5) is 0 Å². The summed E-state index contributed by atoms with van der Waals surface area (Å²) in [6.07, 6.45) is 8.26. The molecule has 9 heteroatoms. The second-order valence-electron chi connectivity index (χ2n) is 21.5. The first kappa shape index (κ1) is 40.3.